The first kappa shape index (κ1) is 15.2. The highest BCUT2D eigenvalue weighted by molar-refractivity contribution is 6.30. The molecule has 1 aliphatic heterocycles. The molecule has 1 aromatic carbocycles. The van der Waals surface area contributed by atoms with Crippen LogP contribution < -0.4 is 4.90 Å². The lowest BCUT2D eigenvalue weighted by molar-refractivity contribution is 0.109. The number of nitrogens with zero attached hydrogens (tertiary/aromatic N) is 4. The van der Waals surface area contributed by atoms with Crippen LogP contribution in [0.15, 0.2) is 42.7 Å². The highest BCUT2D eigenvalue weighted by Crippen LogP contribution is 2.18. The van der Waals surface area contributed by atoms with E-state index >= 15 is 0 Å². The summed E-state index contributed by atoms with van der Waals surface area (Å²) in [6.07, 6.45) is 3.04. The molecule has 1 aromatic heterocycles. The minimum atomic E-state index is -0.489. The Kier molecular flexibility index (Phi) is 4.87. The van der Waals surface area contributed by atoms with Crippen molar-refractivity contribution in [3.05, 3.63) is 53.3 Å². The van der Waals surface area contributed by atoms with Crippen molar-refractivity contribution in [2.75, 3.05) is 37.6 Å². The first-order valence-corrected chi connectivity index (χ1v) is 7.78. The fraction of sp³-hybridized carbons (Fsp3) is 0.375. The first-order valence-electron chi connectivity index (χ1n) is 7.40. The molecule has 2 aromatic rings. The summed E-state index contributed by atoms with van der Waals surface area (Å²) in [6, 6.07) is 9.19. The maximum absolute atomic E-state index is 10.3. The first-order chi connectivity index (χ1) is 10.7. The van der Waals surface area contributed by atoms with Gasteiger partial charge in [0.1, 0.15) is 0 Å². The number of β-amino-alcohol motifs (C(OH)–C–C–N with tert-alkyl or cyclic N) is 1. The fourth-order valence-electron chi connectivity index (χ4n) is 2.62. The Hall–Kier alpha value is -1.69. The molecule has 1 aliphatic rings. The molecule has 0 bridgehead atoms. The van der Waals surface area contributed by atoms with Gasteiger partial charge in [0.05, 0.1) is 6.10 Å². The van der Waals surface area contributed by atoms with E-state index in [0.29, 0.717) is 11.6 Å². The summed E-state index contributed by atoms with van der Waals surface area (Å²) in [6.45, 7) is 4.16. The van der Waals surface area contributed by atoms with Crippen molar-refractivity contribution in [1.29, 1.82) is 0 Å². The normalized spacial score (nSPS) is 17.5. The highest BCUT2D eigenvalue weighted by Gasteiger charge is 2.21. The molecule has 0 aliphatic carbocycles. The van der Waals surface area contributed by atoms with Crippen LogP contribution in [0.1, 0.15) is 11.7 Å². The lowest BCUT2D eigenvalue weighted by Crippen LogP contribution is -2.48. The minimum absolute atomic E-state index is 0.489. The van der Waals surface area contributed by atoms with Crippen molar-refractivity contribution in [2.45, 2.75) is 6.10 Å². The van der Waals surface area contributed by atoms with E-state index in [1.165, 1.54) is 0 Å². The summed E-state index contributed by atoms with van der Waals surface area (Å²) in [5.74, 6) is 0.778. The molecule has 5 nitrogen and oxygen atoms in total. The second kappa shape index (κ2) is 7.05. The summed E-state index contributed by atoms with van der Waals surface area (Å²) in [5.41, 5.74) is 0.901. The van der Waals surface area contributed by atoms with Gasteiger partial charge in [0, 0.05) is 50.1 Å². The number of aliphatic hydroxyl groups excluding tert-OH is 1. The Bertz CT molecular complexity index is 585. The van der Waals surface area contributed by atoms with Crippen molar-refractivity contribution in [3.63, 3.8) is 0 Å². The van der Waals surface area contributed by atoms with Gasteiger partial charge in [0.2, 0.25) is 5.95 Å². The predicted octanol–water partition coefficient (Wildman–Crippen LogP) is 1.99. The second-order valence-electron chi connectivity index (χ2n) is 5.40. The minimum Gasteiger partial charge on any atom is -0.387 e. The fourth-order valence-corrected chi connectivity index (χ4v) is 2.75. The van der Waals surface area contributed by atoms with E-state index in [4.69, 9.17) is 11.6 Å². The standard InChI is InChI=1S/C16H19ClN4O/c17-14-4-2-13(3-5-14)15(22)12-20-8-10-21(11-9-20)16-18-6-1-7-19-16/h1-7,15,22H,8-12H2/t15-/m0/s1. The maximum atomic E-state index is 10.3. The molecule has 1 N–H and O–H groups in total. The molecule has 1 atom stereocenters. The molecule has 3 rings (SSSR count). The van der Waals surface area contributed by atoms with Gasteiger partial charge in [-0.15, -0.1) is 0 Å². The average molecular weight is 319 g/mol. The van der Waals surface area contributed by atoms with Gasteiger partial charge in [-0.25, -0.2) is 9.97 Å². The number of piperazine rings is 1. The van der Waals surface area contributed by atoms with E-state index in [2.05, 4.69) is 19.8 Å². The average Bonchev–Trinajstić information content (AvgIpc) is 2.57. The summed E-state index contributed by atoms with van der Waals surface area (Å²) in [5, 5.41) is 11.0. The van der Waals surface area contributed by atoms with Crippen LogP contribution in [0, 0.1) is 0 Å². The number of benzene rings is 1. The Morgan fingerprint density at radius 1 is 1.05 bits per heavy atom. The van der Waals surface area contributed by atoms with Gasteiger partial charge in [-0.1, -0.05) is 23.7 Å². The Morgan fingerprint density at radius 3 is 2.32 bits per heavy atom. The second-order valence-corrected chi connectivity index (χ2v) is 5.84. The van der Waals surface area contributed by atoms with Gasteiger partial charge >= 0.3 is 0 Å². The number of aliphatic hydroxyl groups is 1. The molecule has 116 valence electrons. The van der Waals surface area contributed by atoms with Crippen molar-refractivity contribution < 1.29 is 5.11 Å². The van der Waals surface area contributed by atoms with Crippen LogP contribution in [0.4, 0.5) is 5.95 Å². The molecule has 0 saturated carbocycles. The topological polar surface area (TPSA) is 52.5 Å². The van der Waals surface area contributed by atoms with Crippen LogP contribution in [0.5, 0.6) is 0 Å². The molecule has 0 spiro atoms. The number of hydrogen-bond acceptors (Lipinski definition) is 5. The van der Waals surface area contributed by atoms with Gasteiger partial charge in [0.25, 0.3) is 0 Å². The van der Waals surface area contributed by atoms with E-state index in [-0.39, 0.29) is 0 Å². The third-order valence-electron chi connectivity index (χ3n) is 3.89. The number of hydrogen-bond donors (Lipinski definition) is 1. The van der Waals surface area contributed by atoms with E-state index in [1.54, 1.807) is 12.4 Å². The summed E-state index contributed by atoms with van der Waals surface area (Å²) >= 11 is 5.87. The molecule has 2 heterocycles. The Balaban J connectivity index is 1.52. The Labute approximate surface area is 135 Å². The molecule has 0 unspecified atom stereocenters. The van der Waals surface area contributed by atoms with Gasteiger partial charge in [0.15, 0.2) is 0 Å². The number of anilines is 1. The number of rotatable bonds is 4. The number of halogens is 1. The molecular weight excluding hydrogens is 300 g/mol. The van der Waals surface area contributed by atoms with Crippen LogP contribution in [-0.2, 0) is 0 Å². The third kappa shape index (κ3) is 3.74. The van der Waals surface area contributed by atoms with Crippen LogP contribution in [0.3, 0.4) is 0 Å². The van der Waals surface area contributed by atoms with Crippen LogP contribution in [-0.4, -0.2) is 52.7 Å². The van der Waals surface area contributed by atoms with Gasteiger partial charge in [-0.3, -0.25) is 4.90 Å². The molecule has 1 saturated heterocycles. The predicted molar refractivity (Wildman–Crippen MR) is 87.1 cm³/mol. The third-order valence-corrected chi connectivity index (χ3v) is 4.15. The summed E-state index contributed by atoms with van der Waals surface area (Å²) < 4.78 is 0. The molecule has 1 fully saturated rings. The Morgan fingerprint density at radius 2 is 1.68 bits per heavy atom. The van der Waals surface area contributed by atoms with E-state index < -0.39 is 6.10 Å². The summed E-state index contributed by atoms with van der Waals surface area (Å²) in [7, 11) is 0. The van der Waals surface area contributed by atoms with Crippen molar-refractivity contribution >= 4 is 17.5 Å². The van der Waals surface area contributed by atoms with Crippen molar-refractivity contribution in [1.82, 2.24) is 14.9 Å². The smallest absolute Gasteiger partial charge is 0.225 e. The molecule has 0 radical (unpaired) electrons. The zero-order chi connectivity index (χ0) is 15.4. The zero-order valence-corrected chi connectivity index (χ0v) is 13.0. The van der Waals surface area contributed by atoms with Crippen LogP contribution >= 0.6 is 11.6 Å². The van der Waals surface area contributed by atoms with Crippen LogP contribution in [0.25, 0.3) is 0 Å². The molecule has 22 heavy (non-hydrogen) atoms. The SMILES string of the molecule is O[C@@H](CN1CCN(c2ncccn2)CC1)c1ccc(Cl)cc1. The summed E-state index contributed by atoms with van der Waals surface area (Å²) in [4.78, 5) is 13.0. The van der Waals surface area contributed by atoms with Crippen LogP contribution in [0.2, 0.25) is 5.02 Å². The van der Waals surface area contributed by atoms with Crippen molar-refractivity contribution in [2.24, 2.45) is 0 Å². The highest BCUT2D eigenvalue weighted by atomic mass is 35.5. The van der Waals surface area contributed by atoms with Crippen molar-refractivity contribution in [3.8, 4) is 0 Å². The van der Waals surface area contributed by atoms with E-state index in [1.807, 2.05) is 30.3 Å². The maximum Gasteiger partial charge on any atom is 0.225 e. The molecular formula is C16H19ClN4O. The van der Waals surface area contributed by atoms with E-state index in [0.717, 1.165) is 37.7 Å². The van der Waals surface area contributed by atoms with Gasteiger partial charge in [-0.05, 0) is 23.8 Å². The largest absolute Gasteiger partial charge is 0.387 e. The van der Waals surface area contributed by atoms with E-state index in [9.17, 15) is 5.11 Å². The lowest BCUT2D eigenvalue weighted by Gasteiger charge is -2.35. The zero-order valence-electron chi connectivity index (χ0n) is 12.3. The van der Waals surface area contributed by atoms with Gasteiger partial charge in [-0.2, -0.15) is 0 Å². The monoisotopic (exact) mass is 318 g/mol. The quantitative estimate of drug-likeness (QED) is 0.934. The molecule has 6 heteroatoms. The number of aromatic nitrogens is 2. The molecule has 0 amide bonds. The lowest BCUT2D eigenvalue weighted by atomic mass is 10.1. The van der Waals surface area contributed by atoms with Gasteiger partial charge < -0.3 is 10.0 Å².